The molecule has 0 amide bonds. The maximum absolute atomic E-state index is 3.82. The van der Waals surface area contributed by atoms with E-state index in [9.17, 15) is 0 Å². The van der Waals surface area contributed by atoms with Crippen LogP contribution in [0.25, 0.3) is 44.5 Å². The van der Waals surface area contributed by atoms with E-state index in [1.807, 2.05) is 0 Å². The molecule has 0 aliphatic heterocycles. The van der Waals surface area contributed by atoms with E-state index in [4.69, 9.17) is 0 Å². The zero-order valence-corrected chi connectivity index (χ0v) is 92.2. The van der Waals surface area contributed by atoms with Crippen molar-refractivity contribution in [3.8, 4) is 44.5 Å². The minimum atomic E-state index is 0. The molecule has 15 aromatic rings. The van der Waals surface area contributed by atoms with Crippen molar-refractivity contribution in [1.82, 2.24) is 0 Å². The summed E-state index contributed by atoms with van der Waals surface area (Å²) in [6, 6.07) is 90.1. The lowest BCUT2D eigenvalue weighted by Crippen LogP contribution is -2.20. The fourth-order valence-electron chi connectivity index (χ4n) is 15.3. The summed E-state index contributed by atoms with van der Waals surface area (Å²) >= 11 is 15.3. The molecule has 0 N–H and O–H groups in total. The molecule has 0 aromatic heterocycles. The number of benzene rings is 15. The summed E-state index contributed by atoms with van der Waals surface area (Å²) in [5, 5.41) is 0. The van der Waals surface area contributed by atoms with Gasteiger partial charge in [0, 0.05) is 34.4 Å². The quantitative estimate of drug-likeness (QED) is 0.142. The van der Waals surface area contributed by atoms with Crippen LogP contribution in [0.15, 0.2) is 267 Å². The molecule has 139 heavy (non-hydrogen) atoms. The summed E-state index contributed by atoms with van der Waals surface area (Å²) in [6.07, 6.45) is 1.03. The predicted molar refractivity (Wildman–Crippen MR) is 649 cm³/mol. The van der Waals surface area contributed by atoms with E-state index in [1.54, 1.807) is 0 Å². The van der Waals surface area contributed by atoms with Gasteiger partial charge in [0.15, 0.2) is 0 Å². The molecule has 0 heterocycles. The average molecular weight is 2120 g/mol. The maximum Gasteiger partial charge on any atom is 0.0297 e. The summed E-state index contributed by atoms with van der Waals surface area (Å²) in [6.45, 7) is 76.0. The second kappa shape index (κ2) is 60.5. The SMILES string of the molecule is C.C.C.C.C.C.C.C.Cc1c(C)c(Br)c(-c2c(Br)c(C)c(C)c(C)c2Br)c(Br)c1C.Cc1cc(-c2cc(C)c(C)c(C)c2)cc(C)c1C.Cc1cc(C(C)(C)c2cc(C)c(C)c(C)c2)cc(C)c1C.Cc1ccc(-c2ccc(C)c(C)c2)cc1C.Cc1ccc(-c2ccc(C)cc2)cc1.Cc1ccc(C)c(C)c1.Cc1ccc(C)cc1.Cc1ccc(Cc2ccc(C)cc2)cc1.Cc1cccc(C)c1. The Morgan fingerprint density at radius 3 is 0.583 bits per heavy atom. The van der Waals surface area contributed by atoms with E-state index in [1.165, 1.54) is 250 Å². The highest BCUT2D eigenvalue weighted by atomic mass is 79.9. The Morgan fingerprint density at radius 1 is 0.165 bits per heavy atom. The number of hydrogen-bond acceptors (Lipinski definition) is 0. The number of rotatable bonds is 8. The van der Waals surface area contributed by atoms with Crippen LogP contribution in [0, 0.1) is 228 Å². The summed E-state index contributed by atoms with van der Waals surface area (Å²) in [5.74, 6) is 0. The minimum Gasteiger partial charge on any atom is -0.0776 e. The highest BCUT2D eigenvalue weighted by Crippen LogP contribution is 2.49. The topological polar surface area (TPSA) is 0 Å². The third-order valence-electron chi connectivity index (χ3n) is 26.7. The molecular weight excluding hydrogens is 1940 g/mol. The fourth-order valence-corrected chi connectivity index (χ4v) is 18.6. The predicted octanol–water partition coefficient (Wildman–Crippen LogP) is 44.1. The minimum absolute atomic E-state index is 0. The Kier molecular flexibility index (Phi) is 57.1. The second-order valence-electron chi connectivity index (χ2n) is 37.7. The van der Waals surface area contributed by atoms with Crippen LogP contribution in [0.5, 0.6) is 0 Å². The Labute approximate surface area is 886 Å². The van der Waals surface area contributed by atoms with E-state index >= 15 is 0 Å². The molecule has 0 nitrogen and oxygen atoms in total. The number of halogens is 4. The normalized spacial score (nSPS) is 9.98. The first kappa shape index (κ1) is 131. The molecule has 0 saturated heterocycles. The second-order valence-corrected chi connectivity index (χ2v) is 40.9. The average Bonchev–Trinajstić information content (AvgIpc) is 0.747. The standard InChI is InChI=1S/C21H28.C18H18Br4.C18H22.C16H18.C15H16.C14H14.C9H12.2C8H10.8CH4/c1-13-9-19(10-14(2)17(13)5)21(7,8)20-11-15(3)18(6)16(4)12-20;1-7-9(3)15(19)13(16(20)10(7)4)14-17(21)11(5)8(2)12(6)18(14)22;1-11-7-17(8-12(2)15(11)5)18-9-13(3)16(6)14(4)10-18;1-11-5-7-15(9-13(11)3)16-8-6-12(2)14(4)10-16;1-12-3-7-14(8-4-12)11-15-9-5-13(2)6-10-15;1-11-3-7-13(8-4-11)14-9-5-12(2)6-10-14;1-7-4-5-8(2)9(3)6-7;1-7-3-5-8(2)6-4-7;1-7-4-3-5-8(2)6-7;;;;;;;;/h9-12H,1-8H3;1-6H3;7-10H,1-6H3;5-10H,1-4H3;3-10H,11H2,1-2H3;3-10H,1-2H3;4-6H,1-3H3;2*3-6H,1-2H3;8*1H4. The van der Waals surface area contributed by atoms with Crippen LogP contribution in [0.3, 0.4) is 0 Å². The van der Waals surface area contributed by atoms with Gasteiger partial charge in [-0.25, -0.2) is 0 Å². The molecule has 0 fully saturated rings. The van der Waals surface area contributed by atoms with Crippen molar-refractivity contribution in [1.29, 1.82) is 0 Å². The van der Waals surface area contributed by atoms with Crippen LogP contribution in [0.1, 0.15) is 279 Å². The van der Waals surface area contributed by atoms with Gasteiger partial charge in [-0.3, -0.25) is 0 Å². The van der Waals surface area contributed by atoms with Crippen LogP contribution in [-0.2, 0) is 11.8 Å². The van der Waals surface area contributed by atoms with Crippen LogP contribution in [0.4, 0.5) is 0 Å². The highest BCUT2D eigenvalue weighted by molar-refractivity contribution is 9.11. The van der Waals surface area contributed by atoms with Gasteiger partial charge in [0.2, 0.25) is 0 Å². The molecule has 0 bridgehead atoms. The first-order valence-corrected chi connectivity index (χ1v) is 49.4. The Bertz CT molecular complexity index is 5870. The molecule has 0 atom stereocenters. The van der Waals surface area contributed by atoms with Crippen LogP contribution < -0.4 is 0 Å². The third kappa shape index (κ3) is 37.6. The van der Waals surface area contributed by atoms with Crippen LogP contribution in [0.2, 0.25) is 0 Å². The third-order valence-corrected chi connectivity index (χ3v) is 30.6. The van der Waals surface area contributed by atoms with Gasteiger partial charge in [-0.05, 0) is 488 Å². The van der Waals surface area contributed by atoms with Gasteiger partial charge in [0.05, 0.1) is 0 Å². The summed E-state index contributed by atoms with van der Waals surface area (Å²) in [4.78, 5) is 0. The molecule has 15 rings (SSSR count). The van der Waals surface area contributed by atoms with E-state index < -0.39 is 0 Å². The molecule has 4 heteroatoms. The Balaban J connectivity index is 0. The maximum atomic E-state index is 3.82. The van der Waals surface area contributed by atoms with Gasteiger partial charge in [0.1, 0.15) is 0 Å². The lowest BCUT2D eigenvalue weighted by molar-refractivity contribution is 0.637. The molecule has 15 aromatic carbocycles. The first-order chi connectivity index (χ1) is 61.5. The van der Waals surface area contributed by atoms with Gasteiger partial charge in [-0.15, -0.1) is 0 Å². The lowest BCUT2D eigenvalue weighted by Gasteiger charge is -2.29. The van der Waals surface area contributed by atoms with Crippen molar-refractivity contribution >= 4 is 63.7 Å². The summed E-state index contributed by atoms with van der Waals surface area (Å²) in [7, 11) is 0. The molecule has 0 saturated carbocycles. The van der Waals surface area contributed by atoms with Crippen molar-refractivity contribution in [2.24, 2.45) is 0 Å². The van der Waals surface area contributed by atoms with Crippen molar-refractivity contribution in [2.75, 3.05) is 0 Å². The summed E-state index contributed by atoms with van der Waals surface area (Å²) < 4.78 is 4.58. The van der Waals surface area contributed by atoms with E-state index in [0.717, 1.165) is 24.3 Å². The van der Waals surface area contributed by atoms with Crippen molar-refractivity contribution in [3.05, 3.63) is 472 Å². The van der Waals surface area contributed by atoms with Crippen molar-refractivity contribution in [2.45, 2.75) is 314 Å². The molecular formula is C135H180Br4. The zero-order valence-electron chi connectivity index (χ0n) is 85.9. The summed E-state index contributed by atoms with van der Waals surface area (Å²) in [5.41, 5.74) is 60.4. The van der Waals surface area contributed by atoms with Crippen molar-refractivity contribution < 1.29 is 0 Å². The van der Waals surface area contributed by atoms with Crippen molar-refractivity contribution in [3.63, 3.8) is 0 Å². The zero-order chi connectivity index (χ0) is 97.5. The molecule has 0 aliphatic rings. The van der Waals surface area contributed by atoms with E-state index in [-0.39, 0.29) is 64.8 Å². The van der Waals surface area contributed by atoms with Gasteiger partial charge in [-0.1, -0.05) is 372 Å². The molecule has 0 radical (unpaired) electrons. The molecule has 0 aliphatic carbocycles. The highest BCUT2D eigenvalue weighted by Gasteiger charge is 2.27. The lowest BCUT2D eigenvalue weighted by atomic mass is 9.75. The van der Waals surface area contributed by atoms with Gasteiger partial charge in [0.25, 0.3) is 0 Å². The van der Waals surface area contributed by atoms with Crippen LogP contribution in [-0.4, -0.2) is 0 Å². The van der Waals surface area contributed by atoms with E-state index in [0.29, 0.717) is 0 Å². The largest absolute Gasteiger partial charge is 0.0776 e. The Morgan fingerprint density at radius 2 is 0.360 bits per heavy atom. The number of aryl methyl sites for hydroxylation is 23. The molecule has 748 valence electrons. The van der Waals surface area contributed by atoms with Gasteiger partial charge < -0.3 is 0 Å². The first-order valence-electron chi connectivity index (χ1n) is 46.2. The smallest absolute Gasteiger partial charge is 0.0297 e. The fraction of sp³-hybridized carbons (Fsp3) is 0.333. The monoisotopic (exact) mass is 2120 g/mol. The van der Waals surface area contributed by atoms with E-state index in [2.05, 4.69) is 555 Å². The molecule has 0 spiro atoms. The van der Waals surface area contributed by atoms with Crippen LogP contribution >= 0.6 is 63.7 Å². The Hall–Kier alpha value is -9.78. The van der Waals surface area contributed by atoms with Gasteiger partial charge in [-0.2, -0.15) is 0 Å². The number of hydrogen-bond donors (Lipinski definition) is 0. The molecule has 0 unspecified atom stereocenters. The van der Waals surface area contributed by atoms with Gasteiger partial charge >= 0.3 is 0 Å².